The summed E-state index contributed by atoms with van der Waals surface area (Å²) in [5.74, 6) is -0.979. The Morgan fingerprint density at radius 2 is 1.78 bits per heavy atom. The lowest BCUT2D eigenvalue weighted by molar-refractivity contribution is -0.127. The quantitative estimate of drug-likeness (QED) is 0.756. The Labute approximate surface area is 158 Å². The van der Waals surface area contributed by atoms with E-state index in [1.54, 1.807) is 24.3 Å². The molecule has 0 bridgehead atoms. The zero-order valence-electron chi connectivity index (χ0n) is 15.1. The molecule has 0 aliphatic heterocycles. The Balaban J connectivity index is 1.60. The minimum atomic E-state index is -0.776. The third kappa shape index (κ3) is 4.92. The van der Waals surface area contributed by atoms with E-state index in [1.807, 2.05) is 6.07 Å². The number of amides is 2. The van der Waals surface area contributed by atoms with E-state index in [2.05, 4.69) is 10.6 Å². The van der Waals surface area contributed by atoms with Crippen LogP contribution in [0.25, 0.3) is 0 Å². The summed E-state index contributed by atoms with van der Waals surface area (Å²) in [6.45, 7) is 0.335. The summed E-state index contributed by atoms with van der Waals surface area (Å²) >= 11 is 0. The summed E-state index contributed by atoms with van der Waals surface area (Å²) in [4.78, 5) is 24.7. The van der Waals surface area contributed by atoms with Gasteiger partial charge in [-0.3, -0.25) is 9.59 Å². The van der Waals surface area contributed by atoms with Crippen molar-refractivity contribution in [1.82, 2.24) is 5.32 Å². The molecule has 0 heterocycles. The topological polar surface area (TPSA) is 84.2 Å². The molecule has 0 unspecified atom stereocenters. The first kappa shape index (κ1) is 19.0. The van der Waals surface area contributed by atoms with Gasteiger partial charge in [0.15, 0.2) is 0 Å². The molecule has 1 aliphatic rings. The maximum absolute atomic E-state index is 13.3. The lowest BCUT2D eigenvalue weighted by atomic mass is 9.82. The number of benzene rings is 2. The summed E-state index contributed by atoms with van der Waals surface area (Å²) in [5.41, 5.74) is 7.14. The molecule has 1 aliphatic carbocycles. The smallest absolute Gasteiger partial charge is 0.255 e. The number of hydrogen-bond donors (Lipinski definition) is 3. The van der Waals surface area contributed by atoms with Gasteiger partial charge in [-0.05, 0) is 48.7 Å². The van der Waals surface area contributed by atoms with Gasteiger partial charge < -0.3 is 16.4 Å². The number of nitrogens with one attached hydrogen (secondary N) is 2. The zero-order chi connectivity index (χ0) is 19.3. The third-order valence-corrected chi connectivity index (χ3v) is 4.92. The molecule has 1 saturated carbocycles. The van der Waals surface area contributed by atoms with Crippen LogP contribution in [0.1, 0.15) is 48.0 Å². The summed E-state index contributed by atoms with van der Waals surface area (Å²) in [6, 6.07) is 12.7. The summed E-state index contributed by atoms with van der Waals surface area (Å²) in [5, 5.41) is 5.64. The average molecular weight is 369 g/mol. The minimum Gasteiger partial charge on any atom is -0.350 e. The van der Waals surface area contributed by atoms with Gasteiger partial charge in [0.05, 0.1) is 5.54 Å². The van der Waals surface area contributed by atoms with E-state index in [4.69, 9.17) is 5.73 Å². The molecular weight excluding hydrogens is 345 g/mol. The highest BCUT2D eigenvalue weighted by molar-refractivity contribution is 6.04. The summed E-state index contributed by atoms with van der Waals surface area (Å²) in [7, 11) is 0. The molecule has 142 valence electrons. The van der Waals surface area contributed by atoms with Crippen molar-refractivity contribution < 1.29 is 14.0 Å². The largest absolute Gasteiger partial charge is 0.350 e. The van der Waals surface area contributed by atoms with Gasteiger partial charge in [-0.2, -0.15) is 0 Å². The van der Waals surface area contributed by atoms with Crippen LogP contribution in [0, 0.1) is 5.82 Å². The molecule has 27 heavy (non-hydrogen) atoms. The number of halogens is 1. The van der Waals surface area contributed by atoms with Crippen molar-refractivity contribution in [2.45, 2.75) is 44.2 Å². The molecule has 2 aromatic carbocycles. The molecule has 6 heteroatoms. The fraction of sp³-hybridized carbons (Fsp3) is 0.333. The molecule has 2 amide bonds. The van der Waals surface area contributed by atoms with E-state index in [9.17, 15) is 14.0 Å². The maximum atomic E-state index is 13.3. The van der Waals surface area contributed by atoms with Gasteiger partial charge in [-0.1, -0.05) is 37.5 Å². The van der Waals surface area contributed by atoms with Crippen LogP contribution >= 0.6 is 0 Å². The van der Waals surface area contributed by atoms with Crippen LogP contribution in [0.15, 0.2) is 48.5 Å². The second-order valence-electron chi connectivity index (χ2n) is 7.06. The van der Waals surface area contributed by atoms with Crippen molar-refractivity contribution in [3.63, 3.8) is 0 Å². The van der Waals surface area contributed by atoms with Crippen molar-refractivity contribution in [3.8, 4) is 0 Å². The van der Waals surface area contributed by atoms with E-state index in [0.717, 1.165) is 24.8 Å². The molecule has 4 N–H and O–H groups in total. The van der Waals surface area contributed by atoms with E-state index >= 15 is 0 Å². The van der Waals surface area contributed by atoms with Crippen LogP contribution in [0.5, 0.6) is 0 Å². The van der Waals surface area contributed by atoms with Gasteiger partial charge in [-0.25, -0.2) is 4.39 Å². The number of hydrogen-bond acceptors (Lipinski definition) is 3. The first-order valence-electron chi connectivity index (χ1n) is 9.19. The van der Waals surface area contributed by atoms with Gasteiger partial charge >= 0.3 is 0 Å². The Bertz CT molecular complexity index is 832. The molecule has 2 aromatic rings. The highest BCUT2D eigenvalue weighted by Gasteiger charge is 2.34. The molecule has 5 nitrogen and oxygen atoms in total. The van der Waals surface area contributed by atoms with Gasteiger partial charge in [0.2, 0.25) is 5.91 Å². The number of carbonyl (C=O) groups is 2. The first-order chi connectivity index (χ1) is 13.0. The molecule has 0 radical (unpaired) electrons. The average Bonchev–Trinajstić information content (AvgIpc) is 2.67. The van der Waals surface area contributed by atoms with Crippen LogP contribution in [0.4, 0.5) is 10.1 Å². The predicted molar refractivity (Wildman–Crippen MR) is 103 cm³/mol. The molecule has 1 fully saturated rings. The van der Waals surface area contributed by atoms with Crippen LogP contribution in [0.2, 0.25) is 0 Å². The van der Waals surface area contributed by atoms with Crippen molar-refractivity contribution >= 4 is 17.5 Å². The van der Waals surface area contributed by atoms with Crippen molar-refractivity contribution in [3.05, 3.63) is 65.5 Å². The van der Waals surface area contributed by atoms with E-state index < -0.39 is 11.4 Å². The molecule has 3 rings (SSSR count). The lowest BCUT2D eigenvalue weighted by Crippen LogP contribution is -2.54. The van der Waals surface area contributed by atoms with Gasteiger partial charge in [0, 0.05) is 17.8 Å². The van der Waals surface area contributed by atoms with Gasteiger partial charge in [-0.15, -0.1) is 0 Å². The van der Waals surface area contributed by atoms with Crippen LogP contribution in [-0.2, 0) is 11.3 Å². The van der Waals surface area contributed by atoms with Crippen LogP contribution < -0.4 is 16.4 Å². The Morgan fingerprint density at radius 1 is 1.04 bits per heavy atom. The Morgan fingerprint density at radius 3 is 2.52 bits per heavy atom. The second-order valence-corrected chi connectivity index (χ2v) is 7.06. The first-order valence-corrected chi connectivity index (χ1v) is 9.19. The second kappa shape index (κ2) is 8.31. The third-order valence-electron chi connectivity index (χ3n) is 4.92. The standard InChI is InChI=1S/C21H24FN3O2/c22-17-8-5-7-16(13-17)19(26)25-18-9-4-6-15(12-18)14-24-20(27)21(23)10-2-1-3-11-21/h4-9,12-13H,1-3,10-11,14,23H2,(H,24,27)(H,25,26). The van der Waals surface area contributed by atoms with Gasteiger partial charge in [0.1, 0.15) is 5.82 Å². The molecular formula is C21H24FN3O2. The highest BCUT2D eigenvalue weighted by atomic mass is 19.1. The maximum Gasteiger partial charge on any atom is 0.255 e. The SMILES string of the molecule is NC1(C(=O)NCc2cccc(NC(=O)c3cccc(F)c3)c2)CCCCC1. The zero-order valence-corrected chi connectivity index (χ0v) is 15.1. The molecule has 0 atom stereocenters. The molecule has 0 spiro atoms. The van der Waals surface area contributed by atoms with E-state index in [0.29, 0.717) is 25.1 Å². The van der Waals surface area contributed by atoms with Gasteiger partial charge in [0.25, 0.3) is 5.91 Å². The predicted octanol–water partition coefficient (Wildman–Crippen LogP) is 3.36. The summed E-state index contributed by atoms with van der Waals surface area (Å²) in [6.07, 6.45) is 4.50. The van der Waals surface area contributed by atoms with Crippen molar-refractivity contribution in [2.24, 2.45) is 5.73 Å². The lowest BCUT2D eigenvalue weighted by Gasteiger charge is -2.31. The van der Waals surface area contributed by atoms with Crippen LogP contribution in [-0.4, -0.2) is 17.4 Å². The van der Waals surface area contributed by atoms with Crippen molar-refractivity contribution in [1.29, 1.82) is 0 Å². The normalized spacial score (nSPS) is 15.8. The Hall–Kier alpha value is -2.73. The summed E-state index contributed by atoms with van der Waals surface area (Å²) < 4.78 is 13.3. The van der Waals surface area contributed by atoms with Crippen LogP contribution in [0.3, 0.4) is 0 Å². The fourth-order valence-corrected chi connectivity index (χ4v) is 3.36. The number of rotatable bonds is 5. The van der Waals surface area contributed by atoms with Crippen molar-refractivity contribution in [2.75, 3.05) is 5.32 Å². The number of nitrogens with two attached hydrogens (primary N) is 1. The molecule has 0 aromatic heterocycles. The number of anilines is 1. The molecule has 0 saturated heterocycles. The fourth-order valence-electron chi connectivity index (χ4n) is 3.36. The number of carbonyl (C=O) groups excluding carboxylic acids is 2. The van der Waals surface area contributed by atoms with E-state index in [-0.39, 0.29) is 17.4 Å². The monoisotopic (exact) mass is 369 g/mol. The highest BCUT2D eigenvalue weighted by Crippen LogP contribution is 2.26. The minimum absolute atomic E-state index is 0.128. The van der Waals surface area contributed by atoms with E-state index in [1.165, 1.54) is 18.2 Å². The Kier molecular flexibility index (Phi) is 5.86.